The summed E-state index contributed by atoms with van der Waals surface area (Å²) in [7, 11) is 0. The van der Waals surface area contributed by atoms with Gasteiger partial charge in [-0.3, -0.25) is 4.79 Å². The average Bonchev–Trinajstić information content (AvgIpc) is 2.32. The molecule has 0 atom stereocenters. The molecule has 114 valence electrons. The molecule has 0 saturated carbocycles. The van der Waals surface area contributed by atoms with Crippen LogP contribution in [0, 0.1) is 11.8 Å². The Bertz CT molecular complexity index is 227. The fourth-order valence-corrected chi connectivity index (χ4v) is 3.00. The summed E-state index contributed by atoms with van der Waals surface area (Å²) in [6.45, 7) is 14.2. The minimum atomic E-state index is 0.353. The van der Waals surface area contributed by atoms with Gasteiger partial charge in [0.05, 0.1) is 0 Å². The summed E-state index contributed by atoms with van der Waals surface area (Å²) in [5.74, 6) is 1.42. The number of unbranched alkanes of at least 4 members (excludes halogenated alkanes) is 3. The molecular weight excluding hydrogens is 234 g/mol. The van der Waals surface area contributed by atoms with Crippen molar-refractivity contribution in [2.75, 3.05) is 6.54 Å². The quantitative estimate of drug-likeness (QED) is 0.518. The van der Waals surface area contributed by atoms with Gasteiger partial charge >= 0.3 is 0 Å². The normalized spacial score (nSPS) is 11.6. The highest BCUT2D eigenvalue weighted by Crippen LogP contribution is 2.21. The molecule has 0 spiro atoms. The average molecular weight is 269 g/mol. The molecule has 0 N–H and O–H groups in total. The van der Waals surface area contributed by atoms with Crippen LogP contribution in [0.5, 0.6) is 0 Å². The molecule has 0 aliphatic rings. The highest BCUT2D eigenvalue weighted by atomic mass is 16.2. The Kier molecular flexibility index (Phi) is 9.99. The van der Waals surface area contributed by atoms with Crippen molar-refractivity contribution in [1.29, 1.82) is 0 Å². The van der Waals surface area contributed by atoms with Crippen molar-refractivity contribution >= 4 is 5.91 Å². The third kappa shape index (κ3) is 6.98. The number of hydrogen-bond donors (Lipinski definition) is 0. The third-order valence-electron chi connectivity index (χ3n) is 3.76. The molecule has 0 aromatic carbocycles. The minimum absolute atomic E-state index is 0.353. The number of carbonyl (C=O) groups excluding carboxylic acids is 1. The molecular formula is C17H35NO. The monoisotopic (exact) mass is 269 g/mol. The van der Waals surface area contributed by atoms with Gasteiger partial charge in [-0.2, -0.15) is 0 Å². The van der Waals surface area contributed by atoms with Crippen LogP contribution in [0.25, 0.3) is 0 Å². The van der Waals surface area contributed by atoms with E-state index in [1.807, 2.05) is 0 Å². The number of rotatable bonds is 10. The summed E-state index contributed by atoms with van der Waals surface area (Å²) < 4.78 is 0. The van der Waals surface area contributed by atoms with Gasteiger partial charge in [-0.1, -0.05) is 60.8 Å². The molecule has 0 aliphatic heterocycles. The van der Waals surface area contributed by atoms with E-state index in [4.69, 9.17) is 0 Å². The van der Waals surface area contributed by atoms with Crippen LogP contribution in [0.15, 0.2) is 0 Å². The highest BCUT2D eigenvalue weighted by molar-refractivity contribution is 5.76. The topological polar surface area (TPSA) is 20.3 Å². The van der Waals surface area contributed by atoms with E-state index in [0.29, 0.717) is 30.2 Å². The minimum Gasteiger partial charge on any atom is -0.339 e. The van der Waals surface area contributed by atoms with Crippen molar-refractivity contribution in [3.8, 4) is 0 Å². The molecule has 2 nitrogen and oxygen atoms in total. The predicted molar refractivity (Wildman–Crippen MR) is 84.2 cm³/mol. The summed E-state index contributed by atoms with van der Waals surface area (Å²) in [4.78, 5) is 14.6. The maximum atomic E-state index is 12.4. The first-order valence-electron chi connectivity index (χ1n) is 8.25. The van der Waals surface area contributed by atoms with Gasteiger partial charge in [0, 0.05) is 19.0 Å². The Morgan fingerprint density at radius 3 is 1.89 bits per heavy atom. The van der Waals surface area contributed by atoms with E-state index in [-0.39, 0.29) is 0 Å². The smallest absolute Gasteiger partial charge is 0.222 e. The molecule has 0 radical (unpaired) electrons. The zero-order valence-electron chi connectivity index (χ0n) is 14.0. The third-order valence-corrected chi connectivity index (χ3v) is 3.76. The lowest BCUT2D eigenvalue weighted by Gasteiger charge is -2.37. The number of nitrogens with zero attached hydrogens (tertiary/aromatic N) is 1. The Labute approximate surface area is 120 Å². The molecule has 2 heteroatoms. The van der Waals surface area contributed by atoms with Gasteiger partial charge in [0.1, 0.15) is 0 Å². The summed E-state index contributed by atoms with van der Waals surface area (Å²) in [6.07, 6.45) is 6.58. The zero-order valence-corrected chi connectivity index (χ0v) is 14.0. The fourth-order valence-electron chi connectivity index (χ4n) is 3.00. The first kappa shape index (κ1) is 18.5. The van der Waals surface area contributed by atoms with E-state index >= 15 is 0 Å². The van der Waals surface area contributed by atoms with Gasteiger partial charge in [-0.25, -0.2) is 0 Å². The van der Waals surface area contributed by atoms with E-state index in [9.17, 15) is 4.79 Å². The predicted octanol–water partition coefficient (Wildman–Crippen LogP) is 4.88. The first-order valence-corrected chi connectivity index (χ1v) is 8.25. The van der Waals surface area contributed by atoms with E-state index < -0.39 is 0 Å². The molecule has 0 fully saturated rings. The number of hydrogen-bond acceptors (Lipinski definition) is 1. The molecule has 0 bridgehead atoms. The summed E-state index contributed by atoms with van der Waals surface area (Å²) in [5.41, 5.74) is 0. The van der Waals surface area contributed by atoms with Crippen LogP contribution in [-0.2, 0) is 4.79 Å². The summed E-state index contributed by atoms with van der Waals surface area (Å²) >= 11 is 0. The second kappa shape index (κ2) is 10.3. The molecule has 0 heterocycles. The van der Waals surface area contributed by atoms with E-state index in [1.165, 1.54) is 19.3 Å². The summed E-state index contributed by atoms with van der Waals surface area (Å²) in [5, 5.41) is 0. The molecule has 1 amide bonds. The Morgan fingerprint density at radius 1 is 0.895 bits per heavy atom. The van der Waals surface area contributed by atoms with Crippen LogP contribution in [0.4, 0.5) is 0 Å². The van der Waals surface area contributed by atoms with Gasteiger partial charge in [0.15, 0.2) is 0 Å². The number of amides is 1. The van der Waals surface area contributed by atoms with Crippen molar-refractivity contribution in [3.63, 3.8) is 0 Å². The van der Waals surface area contributed by atoms with Crippen molar-refractivity contribution in [1.82, 2.24) is 4.90 Å². The van der Waals surface area contributed by atoms with Crippen molar-refractivity contribution < 1.29 is 4.79 Å². The Balaban J connectivity index is 4.67. The van der Waals surface area contributed by atoms with Crippen LogP contribution in [0.1, 0.15) is 80.1 Å². The molecule has 0 saturated heterocycles. The molecule has 0 rings (SSSR count). The SMILES string of the molecule is CCCCCCN(C(=O)CCC)C(C(C)C)C(C)C. The van der Waals surface area contributed by atoms with E-state index in [0.717, 1.165) is 19.4 Å². The van der Waals surface area contributed by atoms with Gasteiger partial charge in [0.25, 0.3) is 0 Å². The zero-order chi connectivity index (χ0) is 14.8. The molecule has 0 aromatic rings. The van der Waals surface area contributed by atoms with Gasteiger partial charge in [0.2, 0.25) is 5.91 Å². The Hall–Kier alpha value is -0.530. The second-order valence-electron chi connectivity index (χ2n) is 6.38. The van der Waals surface area contributed by atoms with Crippen molar-refractivity contribution in [2.24, 2.45) is 11.8 Å². The second-order valence-corrected chi connectivity index (χ2v) is 6.38. The molecule has 0 aliphatic carbocycles. The van der Waals surface area contributed by atoms with Crippen LogP contribution in [0.3, 0.4) is 0 Å². The van der Waals surface area contributed by atoms with E-state index in [1.54, 1.807) is 0 Å². The van der Waals surface area contributed by atoms with Gasteiger partial charge < -0.3 is 4.90 Å². The van der Waals surface area contributed by atoms with Crippen molar-refractivity contribution in [2.45, 2.75) is 86.1 Å². The van der Waals surface area contributed by atoms with Gasteiger partial charge in [-0.05, 0) is 24.7 Å². The van der Waals surface area contributed by atoms with Crippen LogP contribution in [-0.4, -0.2) is 23.4 Å². The van der Waals surface area contributed by atoms with Gasteiger partial charge in [-0.15, -0.1) is 0 Å². The summed E-state index contributed by atoms with van der Waals surface area (Å²) in [6, 6.07) is 0.390. The first-order chi connectivity index (χ1) is 8.95. The van der Waals surface area contributed by atoms with Crippen LogP contribution < -0.4 is 0 Å². The maximum absolute atomic E-state index is 12.4. The lowest BCUT2D eigenvalue weighted by Crippen LogP contribution is -2.46. The van der Waals surface area contributed by atoms with Crippen LogP contribution >= 0.6 is 0 Å². The molecule has 0 unspecified atom stereocenters. The largest absolute Gasteiger partial charge is 0.339 e. The lowest BCUT2D eigenvalue weighted by molar-refractivity contribution is -0.135. The molecule has 0 aromatic heterocycles. The highest BCUT2D eigenvalue weighted by Gasteiger charge is 2.27. The molecule has 19 heavy (non-hydrogen) atoms. The lowest BCUT2D eigenvalue weighted by atomic mass is 9.91. The standard InChI is InChI=1S/C17H35NO/c1-7-9-10-11-13-18(16(19)12-8-2)17(14(3)4)15(5)6/h14-15,17H,7-13H2,1-6H3. The van der Waals surface area contributed by atoms with E-state index in [2.05, 4.69) is 46.4 Å². The number of carbonyl (C=O) groups is 1. The maximum Gasteiger partial charge on any atom is 0.222 e. The van der Waals surface area contributed by atoms with Crippen molar-refractivity contribution in [3.05, 3.63) is 0 Å². The van der Waals surface area contributed by atoms with Crippen LogP contribution in [0.2, 0.25) is 0 Å². The fraction of sp³-hybridized carbons (Fsp3) is 0.941. The Morgan fingerprint density at radius 2 is 1.47 bits per heavy atom.